The maximum Gasteiger partial charge on any atom is 0.244 e. The molecule has 0 aromatic heterocycles. The third-order valence-electron chi connectivity index (χ3n) is 6.20. The lowest BCUT2D eigenvalue weighted by Crippen LogP contribution is -2.53. The Kier molecular flexibility index (Phi) is 11.2. The van der Waals surface area contributed by atoms with Gasteiger partial charge in [0.15, 0.2) is 0 Å². The van der Waals surface area contributed by atoms with Crippen LogP contribution in [-0.2, 0) is 32.6 Å². The largest absolute Gasteiger partial charge is 0.497 e. The van der Waals surface area contributed by atoms with Gasteiger partial charge in [0.05, 0.1) is 29.1 Å². The van der Waals surface area contributed by atoms with Crippen LogP contribution >= 0.6 is 23.2 Å². The van der Waals surface area contributed by atoms with Gasteiger partial charge in [-0.15, -0.1) is 0 Å². The number of nitrogens with zero attached hydrogens (tertiary/aromatic N) is 2. The van der Waals surface area contributed by atoms with E-state index in [1.54, 1.807) is 42.5 Å². The number of carbonyl (C=O) groups excluding carboxylic acids is 2. The number of ether oxygens (including phenoxy) is 1. The lowest BCUT2D eigenvalue weighted by molar-refractivity contribution is -0.140. The van der Waals surface area contributed by atoms with E-state index in [1.165, 1.54) is 12.0 Å². The molecule has 1 unspecified atom stereocenters. The van der Waals surface area contributed by atoms with Crippen LogP contribution in [-0.4, -0.2) is 57.6 Å². The van der Waals surface area contributed by atoms with Crippen LogP contribution in [0.1, 0.15) is 24.5 Å². The minimum atomic E-state index is -3.86. The molecule has 0 heterocycles. The third kappa shape index (κ3) is 8.61. The van der Waals surface area contributed by atoms with Gasteiger partial charge < -0.3 is 15.0 Å². The van der Waals surface area contributed by atoms with Crippen LogP contribution in [0.15, 0.2) is 72.8 Å². The highest BCUT2D eigenvalue weighted by Crippen LogP contribution is 2.26. The van der Waals surface area contributed by atoms with Gasteiger partial charge in [0.25, 0.3) is 0 Å². The standard InChI is InChI=1S/C29H33Cl2N3O5S/c1-4-16-32-29(36)27(18-21-8-6-5-7-9-21)33(19-22-10-15-25(30)26(31)17-22)28(35)20-34(40(3,37)38)23-11-13-24(39-2)14-12-23/h5-15,17,27H,4,16,18-20H2,1-3H3,(H,32,36). The Morgan fingerprint density at radius 1 is 0.950 bits per heavy atom. The highest BCUT2D eigenvalue weighted by molar-refractivity contribution is 7.92. The molecule has 0 aliphatic heterocycles. The van der Waals surface area contributed by atoms with Crippen LogP contribution < -0.4 is 14.4 Å². The van der Waals surface area contributed by atoms with Gasteiger partial charge in [-0.1, -0.05) is 66.5 Å². The maximum absolute atomic E-state index is 14.0. The number of anilines is 1. The van der Waals surface area contributed by atoms with Crippen molar-refractivity contribution < 1.29 is 22.7 Å². The van der Waals surface area contributed by atoms with Crippen molar-refractivity contribution in [3.05, 3.63) is 94.0 Å². The first-order chi connectivity index (χ1) is 19.0. The molecule has 1 N–H and O–H groups in total. The molecule has 8 nitrogen and oxygen atoms in total. The second kappa shape index (κ2) is 14.4. The Hall–Kier alpha value is -3.27. The van der Waals surface area contributed by atoms with Gasteiger partial charge in [-0.05, 0) is 53.9 Å². The summed E-state index contributed by atoms with van der Waals surface area (Å²) in [6.45, 7) is 1.86. The molecule has 1 atom stereocenters. The van der Waals surface area contributed by atoms with E-state index < -0.39 is 28.5 Å². The Morgan fingerprint density at radius 3 is 2.20 bits per heavy atom. The molecule has 0 radical (unpaired) electrons. The number of halogens is 2. The van der Waals surface area contributed by atoms with Crippen LogP contribution in [0, 0.1) is 0 Å². The Labute approximate surface area is 245 Å². The molecule has 0 aliphatic carbocycles. The first kappa shape index (κ1) is 31.3. The maximum atomic E-state index is 14.0. The molecule has 11 heteroatoms. The minimum absolute atomic E-state index is 0.00693. The molecule has 0 saturated heterocycles. The van der Waals surface area contributed by atoms with Crippen molar-refractivity contribution in [3.8, 4) is 5.75 Å². The van der Waals surface area contributed by atoms with Gasteiger partial charge in [0.2, 0.25) is 21.8 Å². The summed E-state index contributed by atoms with van der Waals surface area (Å²) >= 11 is 12.4. The zero-order valence-electron chi connectivity index (χ0n) is 22.6. The summed E-state index contributed by atoms with van der Waals surface area (Å²) < 4.78 is 31.9. The Balaban J connectivity index is 2.05. The molecule has 0 saturated carbocycles. The summed E-state index contributed by atoms with van der Waals surface area (Å²) in [5.74, 6) is -0.352. The van der Waals surface area contributed by atoms with E-state index in [0.29, 0.717) is 40.0 Å². The molecular formula is C29H33Cl2N3O5S. The number of methoxy groups -OCH3 is 1. The van der Waals surface area contributed by atoms with Crippen molar-refractivity contribution in [1.82, 2.24) is 10.2 Å². The molecule has 3 aromatic rings. The molecule has 3 rings (SSSR count). The van der Waals surface area contributed by atoms with Crippen LogP contribution in [0.5, 0.6) is 5.75 Å². The fourth-order valence-corrected chi connectivity index (χ4v) is 5.29. The number of sulfonamides is 1. The van der Waals surface area contributed by atoms with Crippen molar-refractivity contribution >= 4 is 50.7 Å². The zero-order chi connectivity index (χ0) is 29.3. The topological polar surface area (TPSA) is 96.0 Å². The number of benzene rings is 3. The molecule has 3 aromatic carbocycles. The molecule has 0 bridgehead atoms. The van der Waals surface area contributed by atoms with Gasteiger partial charge in [-0.25, -0.2) is 8.42 Å². The number of carbonyl (C=O) groups is 2. The molecule has 40 heavy (non-hydrogen) atoms. The predicted molar refractivity (Wildman–Crippen MR) is 159 cm³/mol. The fraction of sp³-hybridized carbons (Fsp3) is 0.310. The molecular weight excluding hydrogens is 573 g/mol. The van der Waals surface area contributed by atoms with Gasteiger partial charge in [-0.2, -0.15) is 0 Å². The smallest absolute Gasteiger partial charge is 0.244 e. The van der Waals surface area contributed by atoms with Crippen molar-refractivity contribution in [3.63, 3.8) is 0 Å². The normalized spacial score (nSPS) is 11.9. The molecule has 214 valence electrons. The summed E-state index contributed by atoms with van der Waals surface area (Å²) in [4.78, 5) is 28.9. The minimum Gasteiger partial charge on any atom is -0.497 e. The van der Waals surface area contributed by atoms with Gasteiger partial charge >= 0.3 is 0 Å². The average molecular weight is 607 g/mol. The lowest BCUT2D eigenvalue weighted by atomic mass is 10.0. The second-order valence-corrected chi connectivity index (χ2v) is 12.0. The van der Waals surface area contributed by atoms with Crippen LogP contribution in [0.4, 0.5) is 5.69 Å². The number of hydrogen-bond donors (Lipinski definition) is 1. The van der Waals surface area contributed by atoms with Crippen molar-refractivity contribution in [1.29, 1.82) is 0 Å². The molecule has 0 fully saturated rings. The first-order valence-electron chi connectivity index (χ1n) is 12.7. The number of hydrogen-bond acceptors (Lipinski definition) is 5. The van der Waals surface area contributed by atoms with Crippen molar-refractivity contribution in [2.75, 3.05) is 30.8 Å². The van der Waals surface area contributed by atoms with E-state index in [4.69, 9.17) is 27.9 Å². The second-order valence-electron chi connectivity index (χ2n) is 9.23. The summed E-state index contributed by atoms with van der Waals surface area (Å²) in [6, 6.07) is 19.7. The Morgan fingerprint density at radius 2 is 1.62 bits per heavy atom. The molecule has 2 amide bonds. The summed E-state index contributed by atoms with van der Waals surface area (Å²) in [7, 11) is -2.36. The summed E-state index contributed by atoms with van der Waals surface area (Å²) in [5.41, 5.74) is 1.78. The average Bonchev–Trinajstić information content (AvgIpc) is 2.94. The Bertz CT molecular complexity index is 1400. The van der Waals surface area contributed by atoms with Crippen molar-refractivity contribution in [2.45, 2.75) is 32.4 Å². The van der Waals surface area contributed by atoms with Crippen molar-refractivity contribution in [2.24, 2.45) is 0 Å². The predicted octanol–water partition coefficient (Wildman–Crippen LogP) is 4.93. The quantitative estimate of drug-likeness (QED) is 0.298. The molecule has 0 spiro atoms. The third-order valence-corrected chi connectivity index (χ3v) is 8.08. The fourth-order valence-electron chi connectivity index (χ4n) is 4.12. The van der Waals surface area contributed by atoms with E-state index in [1.807, 2.05) is 37.3 Å². The van der Waals surface area contributed by atoms with Gasteiger partial charge in [0, 0.05) is 19.5 Å². The van der Waals surface area contributed by atoms with Gasteiger partial charge in [0.1, 0.15) is 18.3 Å². The van der Waals surface area contributed by atoms with Crippen LogP contribution in [0.25, 0.3) is 0 Å². The highest BCUT2D eigenvalue weighted by atomic mass is 35.5. The highest BCUT2D eigenvalue weighted by Gasteiger charge is 2.33. The summed E-state index contributed by atoms with van der Waals surface area (Å²) in [5, 5.41) is 3.55. The first-order valence-corrected chi connectivity index (χ1v) is 15.3. The SMILES string of the molecule is CCCNC(=O)C(Cc1ccccc1)N(Cc1ccc(Cl)c(Cl)c1)C(=O)CN(c1ccc(OC)cc1)S(C)(=O)=O. The van der Waals surface area contributed by atoms with Crippen LogP contribution in [0.3, 0.4) is 0 Å². The lowest BCUT2D eigenvalue weighted by Gasteiger charge is -2.33. The number of nitrogens with one attached hydrogen (secondary N) is 1. The zero-order valence-corrected chi connectivity index (χ0v) is 25.0. The van der Waals surface area contributed by atoms with Crippen LogP contribution in [0.2, 0.25) is 10.0 Å². The van der Waals surface area contributed by atoms with Gasteiger partial charge in [-0.3, -0.25) is 13.9 Å². The summed E-state index contributed by atoms with van der Waals surface area (Å²) in [6.07, 6.45) is 1.97. The van der Waals surface area contributed by atoms with E-state index in [2.05, 4.69) is 5.32 Å². The number of amides is 2. The molecule has 0 aliphatic rings. The monoisotopic (exact) mass is 605 g/mol. The number of rotatable bonds is 13. The van der Waals surface area contributed by atoms with E-state index >= 15 is 0 Å². The van der Waals surface area contributed by atoms with E-state index in [9.17, 15) is 18.0 Å². The van der Waals surface area contributed by atoms with E-state index in [0.717, 1.165) is 16.1 Å². The van der Waals surface area contributed by atoms with E-state index in [-0.39, 0.29) is 18.9 Å².